The van der Waals surface area contributed by atoms with Crippen molar-refractivity contribution in [1.82, 2.24) is 0 Å². The molecule has 38 heavy (non-hydrogen) atoms. The largest absolute Gasteiger partial charge is 0.0968 e. The maximum Gasteiger partial charge on any atom is 0.0147 e. The third-order valence-corrected chi connectivity index (χ3v) is 22.2. The molecule has 4 heteroatoms. The van der Waals surface area contributed by atoms with Crippen LogP contribution >= 0.6 is 12.1 Å². The molecule has 0 atom stereocenters. The Morgan fingerprint density at radius 3 is 0.842 bits per heavy atom. The van der Waals surface area contributed by atoms with E-state index in [4.69, 9.17) is 23.6 Å². The van der Waals surface area contributed by atoms with Crippen LogP contribution in [0.2, 0.25) is 0 Å². The van der Waals surface area contributed by atoms with Gasteiger partial charge in [-0.1, -0.05) is 152 Å². The SMILES string of the molecule is CC(P(=S)(CCc1ccccc1)CCc1ccccc1)P(=S)(CCc1ccccc1)CCc1ccccc1. The van der Waals surface area contributed by atoms with E-state index in [1.165, 1.54) is 22.3 Å². The average molecular weight is 575 g/mol. The predicted molar refractivity (Wildman–Crippen MR) is 178 cm³/mol. The van der Waals surface area contributed by atoms with Gasteiger partial charge in [0.15, 0.2) is 0 Å². The molecule has 0 amide bonds. The zero-order valence-electron chi connectivity index (χ0n) is 22.5. The van der Waals surface area contributed by atoms with Crippen LogP contribution in [0.15, 0.2) is 121 Å². The highest BCUT2D eigenvalue weighted by Gasteiger charge is 2.35. The lowest BCUT2D eigenvalue weighted by Crippen LogP contribution is -2.18. The van der Waals surface area contributed by atoms with Crippen molar-refractivity contribution in [2.24, 2.45) is 0 Å². The quantitative estimate of drug-likeness (QED) is 0.138. The van der Waals surface area contributed by atoms with Crippen LogP contribution in [0.1, 0.15) is 29.2 Å². The van der Waals surface area contributed by atoms with Crippen molar-refractivity contribution in [2.75, 3.05) is 24.6 Å². The summed E-state index contributed by atoms with van der Waals surface area (Å²) in [6.45, 7) is 2.47. The van der Waals surface area contributed by atoms with Crippen molar-refractivity contribution in [3.05, 3.63) is 144 Å². The fraction of sp³-hybridized carbons (Fsp3) is 0.294. The van der Waals surface area contributed by atoms with Crippen LogP contribution in [0, 0.1) is 0 Å². The Labute approximate surface area is 240 Å². The number of aryl methyl sites for hydroxylation is 4. The molecule has 0 aromatic heterocycles. The van der Waals surface area contributed by atoms with Crippen molar-refractivity contribution in [3.8, 4) is 0 Å². The van der Waals surface area contributed by atoms with Gasteiger partial charge in [0.2, 0.25) is 0 Å². The van der Waals surface area contributed by atoms with Gasteiger partial charge in [-0.3, -0.25) is 0 Å². The van der Waals surface area contributed by atoms with Crippen molar-refractivity contribution in [3.63, 3.8) is 0 Å². The minimum absolute atomic E-state index is 0.444. The van der Waals surface area contributed by atoms with Crippen molar-refractivity contribution < 1.29 is 0 Å². The third kappa shape index (κ3) is 8.59. The van der Waals surface area contributed by atoms with Crippen molar-refractivity contribution in [2.45, 2.75) is 38.0 Å². The monoisotopic (exact) mass is 574 g/mol. The molecule has 0 fully saturated rings. The fourth-order valence-electron chi connectivity index (χ4n) is 5.21. The number of benzene rings is 4. The van der Waals surface area contributed by atoms with E-state index in [-0.39, 0.29) is 0 Å². The Bertz CT molecular complexity index is 1120. The molecule has 0 radical (unpaired) electrons. The summed E-state index contributed by atoms with van der Waals surface area (Å²) in [7, 11) is 0. The first-order chi connectivity index (χ1) is 18.5. The molecule has 0 unspecified atom stereocenters. The zero-order chi connectivity index (χ0) is 26.7. The minimum Gasteiger partial charge on any atom is -0.0968 e. The van der Waals surface area contributed by atoms with Crippen LogP contribution in [-0.4, -0.2) is 30.0 Å². The molecular weight excluding hydrogens is 534 g/mol. The predicted octanol–water partition coefficient (Wildman–Crippen LogP) is 9.26. The lowest BCUT2D eigenvalue weighted by molar-refractivity contribution is 1.06. The van der Waals surface area contributed by atoms with E-state index in [1.807, 2.05) is 0 Å². The second-order valence-electron chi connectivity index (χ2n) is 10.4. The maximum atomic E-state index is 6.80. The van der Waals surface area contributed by atoms with Gasteiger partial charge in [0, 0.05) is 5.40 Å². The first-order valence-corrected chi connectivity index (χ1v) is 20.3. The number of hydrogen-bond donors (Lipinski definition) is 0. The van der Waals surface area contributed by atoms with Gasteiger partial charge in [0.05, 0.1) is 0 Å². The molecular formula is C34H40P2S2. The highest BCUT2D eigenvalue weighted by Crippen LogP contribution is 2.69. The summed E-state index contributed by atoms with van der Waals surface area (Å²) in [4.78, 5) is 0. The topological polar surface area (TPSA) is 0 Å². The summed E-state index contributed by atoms with van der Waals surface area (Å²) in [5.74, 6) is 0. The van der Waals surface area contributed by atoms with Crippen LogP contribution in [0.3, 0.4) is 0 Å². The summed E-state index contributed by atoms with van der Waals surface area (Å²) < 4.78 is 0. The molecule has 4 aromatic rings. The zero-order valence-corrected chi connectivity index (χ0v) is 25.9. The molecule has 0 saturated heterocycles. The lowest BCUT2D eigenvalue weighted by Gasteiger charge is -2.38. The molecule has 198 valence electrons. The van der Waals surface area contributed by atoms with Crippen LogP contribution in [0.5, 0.6) is 0 Å². The van der Waals surface area contributed by atoms with E-state index in [0.717, 1.165) is 50.3 Å². The highest BCUT2D eigenvalue weighted by atomic mass is 32.5. The molecule has 4 aromatic carbocycles. The molecule has 0 bridgehead atoms. The Morgan fingerprint density at radius 1 is 0.421 bits per heavy atom. The van der Waals surface area contributed by atoms with Gasteiger partial charge in [-0.2, -0.15) is 0 Å². The summed E-state index contributed by atoms with van der Waals surface area (Å²) in [5.41, 5.74) is 5.59. The standard InChI is InChI=1S/C34H40P2S2/c1-30(35(37,26-22-31-14-6-2-7-15-31)27-23-32-16-8-3-9-17-32)36(38,28-24-33-18-10-4-11-19-33)29-25-34-20-12-5-13-21-34/h2-21,30H,22-29H2,1H3. The minimum atomic E-state index is -1.73. The van der Waals surface area contributed by atoms with E-state index in [9.17, 15) is 0 Å². The maximum absolute atomic E-state index is 6.80. The van der Waals surface area contributed by atoms with Crippen molar-refractivity contribution in [1.29, 1.82) is 0 Å². The smallest absolute Gasteiger partial charge is 0.0147 e. The first kappa shape index (κ1) is 29.2. The van der Waals surface area contributed by atoms with E-state index < -0.39 is 12.1 Å². The van der Waals surface area contributed by atoms with E-state index >= 15 is 0 Å². The molecule has 0 aliphatic rings. The number of hydrogen-bond acceptors (Lipinski definition) is 2. The molecule has 4 rings (SSSR count). The van der Waals surface area contributed by atoms with Gasteiger partial charge >= 0.3 is 0 Å². The van der Waals surface area contributed by atoms with Gasteiger partial charge in [-0.25, -0.2) is 0 Å². The Kier molecular flexibility index (Phi) is 11.2. The Hall–Kier alpha value is -1.82. The second kappa shape index (κ2) is 14.5. The average Bonchev–Trinajstić information content (AvgIpc) is 2.99. The summed E-state index contributed by atoms with van der Waals surface area (Å²) in [5, 5.41) is 0.444. The first-order valence-electron chi connectivity index (χ1n) is 13.8. The molecule has 0 N–H and O–H groups in total. The van der Waals surface area contributed by atoms with Gasteiger partial charge in [-0.05, 0) is 84.7 Å². The lowest BCUT2D eigenvalue weighted by atomic mass is 10.2. The van der Waals surface area contributed by atoms with Gasteiger partial charge in [0.25, 0.3) is 0 Å². The van der Waals surface area contributed by atoms with Crippen LogP contribution in [0.25, 0.3) is 0 Å². The van der Waals surface area contributed by atoms with Gasteiger partial charge in [0.1, 0.15) is 0 Å². The van der Waals surface area contributed by atoms with E-state index in [0.29, 0.717) is 5.40 Å². The normalized spacial score (nSPS) is 12.1. The van der Waals surface area contributed by atoms with Crippen LogP contribution < -0.4 is 0 Å². The number of rotatable bonds is 14. The highest BCUT2D eigenvalue weighted by molar-refractivity contribution is 8.25. The molecule has 0 aliphatic carbocycles. The second-order valence-corrected chi connectivity index (χ2v) is 22.3. The summed E-state index contributed by atoms with van der Waals surface area (Å²) in [6, 6.07) is 40.2. The molecule has 0 heterocycles. The molecule has 0 spiro atoms. The van der Waals surface area contributed by atoms with E-state index in [1.54, 1.807) is 0 Å². The molecule has 0 nitrogen and oxygen atoms in total. The molecule has 0 aliphatic heterocycles. The van der Waals surface area contributed by atoms with Gasteiger partial charge < -0.3 is 0 Å². The molecule has 0 saturated carbocycles. The van der Waals surface area contributed by atoms with Crippen LogP contribution in [-0.2, 0) is 49.3 Å². The Balaban J connectivity index is 1.60. The third-order valence-electron chi connectivity index (χ3n) is 7.85. The summed E-state index contributed by atoms with van der Waals surface area (Å²) in [6.07, 6.45) is 8.66. The summed E-state index contributed by atoms with van der Waals surface area (Å²) >= 11 is 13.6. The van der Waals surface area contributed by atoms with Crippen LogP contribution in [0.4, 0.5) is 0 Å². The van der Waals surface area contributed by atoms with Crippen molar-refractivity contribution >= 4 is 35.7 Å². The fourth-order valence-corrected chi connectivity index (χ4v) is 19.0. The van der Waals surface area contributed by atoms with Gasteiger partial charge in [-0.15, -0.1) is 0 Å². The Morgan fingerprint density at radius 2 is 0.632 bits per heavy atom. The van der Waals surface area contributed by atoms with E-state index in [2.05, 4.69) is 128 Å².